The quantitative estimate of drug-likeness (QED) is 0.790. The lowest BCUT2D eigenvalue weighted by Gasteiger charge is -2.63. The van der Waals surface area contributed by atoms with E-state index in [0.29, 0.717) is 11.1 Å². The van der Waals surface area contributed by atoms with Crippen LogP contribution in [0.3, 0.4) is 0 Å². The van der Waals surface area contributed by atoms with Crippen molar-refractivity contribution in [1.29, 1.82) is 5.26 Å². The number of carbonyl (C=O) groups is 1. The van der Waals surface area contributed by atoms with Gasteiger partial charge in [-0.05, 0) is 56.2 Å². The Morgan fingerprint density at radius 1 is 0.966 bits per heavy atom. The van der Waals surface area contributed by atoms with Crippen LogP contribution in [0.5, 0.6) is 5.75 Å². The molecular formula is C25H30N2O2. The molecule has 4 heteroatoms. The van der Waals surface area contributed by atoms with Gasteiger partial charge in [0.25, 0.3) is 5.91 Å². The topological polar surface area (TPSA) is 62.1 Å². The number of hydrogen-bond donors (Lipinski definition) is 1. The number of amides is 1. The average molecular weight is 391 g/mol. The molecule has 1 amide bonds. The van der Waals surface area contributed by atoms with Gasteiger partial charge in [0, 0.05) is 22.4 Å². The number of hydrogen-bond acceptors (Lipinski definition) is 3. The van der Waals surface area contributed by atoms with Crippen LogP contribution in [0.1, 0.15) is 60.3 Å². The molecule has 3 rings (SSSR count). The summed E-state index contributed by atoms with van der Waals surface area (Å²) in [6.45, 7) is 14.5. The van der Waals surface area contributed by atoms with Crippen molar-refractivity contribution < 1.29 is 9.53 Å². The molecule has 2 aromatic carbocycles. The van der Waals surface area contributed by atoms with E-state index >= 15 is 0 Å². The molecule has 0 aromatic heterocycles. The summed E-state index contributed by atoms with van der Waals surface area (Å²) in [5, 5.41) is 12.5. The number of nitrogens with one attached hydrogen (secondary N) is 1. The molecule has 0 spiro atoms. The lowest BCUT2D eigenvalue weighted by atomic mass is 9.49. The monoisotopic (exact) mass is 390 g/mol. The first-order chi connectivity index (χ1) is 13.5. The van der Waals surface area contributed by atoms with Gasteiger partial charge in [-0.3, -0.25) is 4.79 Å². The minimum absolute atomic E-state index is 0.0198. The second-order valence-corrected chi connectivity index (χ2v) is 9.39. The van der Waals surface area contributed by atoms with E-state index in [1.165, 1.54) is 0 Å². The molecule has 0 aliphatic heterocycles. The minimum Gasteiger partial charge on any atom is -0.489 e. The third-order valence-corrected chi connectivity index (χ3v) is 6.53. The first-order valence-corrected chi connectivity index (χ1v) is 10.0. The fraction of sp³-hybridized carbons (Fsp3) is 0.440. The van der Waals surface area contributed by atoms with E-state index in [1.54, 1.807) is 0 Å². The smallest absolute Gasteiger partial charge is 0.251 e. The van der Waals surface area contributed by atoms with Gasteiger partial charge in [0.05, 0.1) is 11.6 Å². The number of nitriles is 1. The maximum absolute atomic E-state index is 12.8. The Kier molecular flexibility index (Phi) is 5.21. The highest BCUT2D eigenvalue weighted by atomic mass is 16.5. The maximum atomic E-state index is 12.8. The fourth-order valence-electron chi connectivity index (χ4n) is 4.89. The highest BCUT2D eigenvalue weighted by Gasteiger charge is 2.64. The van der Waals surface area contributed by atoms with E-state index in [0.717, 1.165) is 22.4 Å². The van der Waals surface area contributed by atoms with Crippen LogP contribution >= 0.6 is 0 Å². The number of benzene rings is 2. The number of rotatable bonds is 4. The van der Waals surface area contributed by atoms with E-state index in [1.807, 2.05) is 57.2 Å². The van der Waals surface area contributed by atoms with Crippen LogP contribution < -0.4 is 10.1 Å². The van der Waals surface area contributed by atoms with E-state index in [4.69, 9.17) is 4.74 Å². The SMILES string of the molecule is Cc1ccc(C(=O)N[C@H]2C(C)(C)[C@H](Oc3ccc(C#N)c(C)c3C)C2(C)C)cc1. The predicted molar refractivity (Wildman–Crippen MR) is 115 cm³/mol. The van der Waals surface area contributed by atoms with E-state index in [2.05, 4.69) is 39.1 Å². The summed E-state index contributed by atoms with van der Waals surface area (Å²) < 4.78 is 6.46. The molecule has 2 aromatic rings. The van der Waals surface area contributed by atoms with Gasteiger partial charge < -0.3 is 10.1 Å². The van der Waals surface area contributed by atoms with Crippen molar-refractivity contribution >= 4 is 5.91 Å². The molecule has 0 heterocycles. The Balaban J connectivity index is 1.80. The number of carbonyl (C=O) groups excluding carboxylic acids is 1. The van der Waals surface area contributed by atoms with Crippen LogP contribution in [0.4, 0.5) is 0 Å². The molecule has 0 bridgehead atoms. The zero-order chi connectivity index (χ0) is 21.6. The lowest BCUT2D eigenvalue weighted by Crippen LogP contribution is -2.74. The Bertz CT molecular complexity index is 965. The highest BCUT2D eigenvalue weighted by Crippen LogP contribution is 2.55. The van der Waals surface area contributed by atoms with Crippen molar-refractivity contribution in [2.24, 2.45) is 10.8 Å². The Morgan fingerprint density at radius 2 is 1.55 bits per heavy atom. The summed E-state index contributed by atoms with van der Waals surface area (Å²) in [5.74, 6) is 0.746. The molecule has 1 aliphatic rings. The number of nitrogens with zero attached hydrogens (tertiary/aromatic N) is 1. The molecule has 0 radical (unpaired) electrons. The largest absolute Gasteiger partial charge is 0.489 e. The van der Waals surface area contributed by atoms with Crippen molar-refractivity contribution in [3.8, 4) is 11.8 Å². The van der Waals surface area contributed by atoms with Gasteiger partial charge in [0.1, 0.15) is 11.9 Å². The van der Waals surface area contributed by atoms with Crippen molar-refractivity contribution in [3.05, 3.63) is 64.2 Å². The van der Waals surface area contributed by atoms with Crippen LogP contribution in [-0.4, -0.2) is 18.1 Å². The number of ether oxygens (including phenoxy) is 1. The summed E-state index contributed by atoms with van der Waals surface area (Å²) in [5.41, 5.74) is 3.94. The van der Waals surface area contributed by atoms with E-state index in [-0.39, 0.29) is 28.9 Å². The van der Waals surface area contributed by atoms with Gasteiger partial charge in [-0.2, -0.15) is 5.26 Å². The van der Waals surface area contributed by atoms with Crippen LogP contribution in [0.15, 0.2) is 36.4 Å². The normalized spacial score (nSPS) is 21.6. The molecule has 0 unspecified atom stereocenters. The average Bonchev–Trinajstić information content (AvgIpc) is 2.67. The zero-order valence-electron chi connectivity index (χ0n) is 18.4. The Morgan fingerprint density at radius 3 is 2.10 bits per heavy atom. The van der Waals surface area contributed by atoms with Gasteiger partial charge in [-0.25, -0.2) is 0 Å². The van der Waals surface area contributed by atoms with Crippen LogP contribution in [0.2, 0.25) is 0 Å². The molecule has 1 N–H and O–H groups in total. The summed E-state index contributed by atoms with van der Waals surface area (Å²) in [7, 11) is 0. The van der Waals surface area contributed by atoms with Crippen molar-refractivity contribution in [2.45, 2.75) is 60.6 Å². The molecule has 0 saturated heterocycles. The highest BCUT2D eigenvalue weighted by molar-refractivity contribution is 5.94. The van der Waals surface area contributed by atoms with Crippen LogP contribution in [0.25, 0.3) is 0 Å². The fourth-order valence-corrected chi connectivity index (χ4v) is 4.89. The molecule has 29 heavy (non-hydrogen) atoms. The van der Waals surface area contributed by atoms with Gasteiger partial charge in [0.2, 0.25) is 0 Å². The second kappa shape index (κ2) is 7.22. The molecule has 4 nitrogen and oxygen atoms in total. The lowest BCUT2D eigenvalue weighted by molar-refractivity contribution is -0.164. The standard InChI is InChI=1S/C25H30N2O2/c1-15-8-10-18(11-9-15)21(28)27-22-24(4,5)23(25(22,6)7)29-20-13-12-19(14-26)16(2)17(20)3/h8-13,22-23H,1-7H3,(H,27,28)/t22-,23-. The van der Waals surface area contributed by atoms with Crippen LogP contribution in [-0.2, 0) is 0 Å². The first-order valence-electron chi connectivity index (χ1n) is 10.0. The second-order valence-electron chi connectivity index (χ2n) is 9.39. The summed E-state index contributed by atoms with van der Waals surface area (Å²) in [6.07, 6.45) is -0.0654. The van der Waals surface area contributed by atoms with Crippen molar-refractivity contribution in [3.63, 3.8) is 0 Å². The molecule has 0 atom stereocenters. The van der Waals surface area contributed by atoms with E-state index in [9.17, 15) is 10.1 Å². The first kappa shape index (κ1) is 20.9. The molecule has 1 saturated carbocycles. The van der Waals surface area contributed by atoms with Crippen molar-refractivity contribution in [2.75, 3.05) is 0 Å². The Labute approximate surface area is 173 Å². The van der Waals surface area contributed by atoms with Gasteiger partial charge >= 0.3 is 0 Å². The third kappa shape index (κ3) is 3.51. The maximum Gasteiger partial charge on any atom is 0.251 e. The molecule has 1 fully saturated rings. The molecule has 1 aliphatic carbocycles. The Hall–Kier alpha value is -2.80. The predicted octanol–water partition coefficient (Wildman–Crippen LogP) is 5.10. The minimum atomic E-state index is -0.238. The van der Waals surface area contributed by atoms with Gasteiger partial charge in [0.15, 0.2) is 0 Å². The summed E-state index contributed by atoms with van der Waals surface area (Å²) in [4.78, 5) is 12.8. The summed E-state index contributed by atoms with van der Waals surface area (Å²) in [6, 6.07) is 13.5. The van der Waals surface area contributed by atoms with Gasteiger partial charge in [-0.1, -0.05) is 45.4 Å². The molecular weight excluding hydrogens is 360 g/mol. The molecule has 152 valence electrons. The zero-order valence-corrected chi connectivity index (χ0v) is 18.4. The van der Waals surface area contributed by atoms with Gasteiger partial charge in [-0.15, -0.1) is 0 Å². The van der Waals surface area contributed by atoms with E-state index < -0.39 is 0 Å². The number of aryl methyl sites for hydroxylation is 1. The third-order valence-electron chi connectivity index (χ3n) is 6.53. The summed E-state index contributed by atoms with van der Waals surface area (Å²) >= 11 is 0. The van der Waals surface area contributed by atoms with Crippen LogP contribution in [0, 0.1) is 42.9 Å². The van der Waals surface area contributed by atoms with Crippen molar-refractivity contribution in [1.82, 2.24) is 5.32 Å².